The van der Waals surface area contributed by atoms with Crippen molar-refractivity contribution >= 4 is 29.5 Å². The molecule has 0 radical (unpaired) electrons. The van der Waals surface area contributed by atoms with E-state index in [9.17, 15) is 14.4 Å². The van der Waals surface area contributed by atoms with E-state index in [0.717, 1.165) is 29.7 Å². The third-order valence-corrected chi connectivity index (χ3v) is 4.74. The number of esters is 1. The predicted molar refractivity (Wildman–Crippen MR) is 111 cm³/mol. The van der Waals surface area contributed by atoms with Crippen LogP contribution in [0.2, 0.25) is 0 Å². The summed E-state index contributed by atoms with van der Waals surface area (Å²) in [4.78, 5) is 35.4. The number of ether oxygens (including phenoxy) is 1. The molecular formula is C23H24N2O4. The zero-order valence-corrected chi connectivity index (χ0v) is 16.5. The zero-order chi connectivity index (χ0) is 20.8. The molecule has 1 aliphatic rings. The van der Waals surface area contributed by atoms with Crippen molar-refractivity contribution in [3.05, 3.63) is 71.3 Å². The monoisotopic (exact) mass is 392 g/mol. The summed E-state index contributed by atoms with van der Waals surface area (Å²) < 4.78 is 4.66. The van der Waals surface area contributed by atoms with Gasteiger partial charge in [-0.15, -0.1) is 0 Å². The van der Waals surface area contributed by atoms with Gasteiger partial charge in [0.1, 0.15) is 0 Å². The summed E-state index contributed by atoms with van der Waals surface area (Å²) in [6.07, 6.45) is 5.07. The number of methoxy groups -OCH3 is 1. The molecule has 2 aromatic rings. The van der Waals surface area contributed by atoms with Gasteiger partial charge in [-0.05, 0) is 61.2 Å². The van der Waals surface area contributed by atoms with E-state index in [1.807, 2.05) is 31.2 Å². The molecule has 29 heavy (non-hydrogen) atoms. The molecule has 150 valence electrons. The van der Waals surface area contributed by atoms with E-state index >= 15 is 0 Å². The van der Waals surface area contributed by atoms with Crippen LogP contribution in [0.25, 0.3) is 6.08 Å². The molecule has 2 amide bonds. The fourth-order valence-electron chi connectivity index (χ4n) is 2.81. The van der Waals surface area contributed by atoms with Gasteiger partial charge in [-0.1, -0.05) is 24.3 Å². The second kappa shape index (κ2) is 9.19. The lowest BCUT2D eigenvalue weighted by Crippen LogP contribution is -2.24. The van der Waals surface area contributed by atoms with Crippen molar-refractivity contribution < 1.29 is 19.1 Å². The lowest BCUT2D eigenvalue weighted by atomic mass is 10.1. The normalized spacial score (nSPS) is 14.3. The van der Waals surface area contributed by atoms with Crippen LogP contribution in [0.15, 0.2) is 54.6 Å². The summed E-state index contributed by atoms with van der Waals surface area (Å²) in [5.74, 6) is -0.383. The Bertz CT molecular complexity index is 913. The van der Waals surface area contributed by atoms with Crippen LogP contribution in [0, 0.1) is 5.92 Å². The molecule has 1 aliphatic carbocycles. The fraction of sp³-hybridized carbons (Fsp3) is 0.261. The van der Waals surface area contributed by atoms with Crippen LogP contribution < -0.4 is 10.6 Å². The highest BCUT2D eigenvalue weighted by Crippen LogP contribution is 2.30. The van der Waals surface area contributed by atoms with Crippen LogP contribution in [0.1, 0.15) is 47.3 Å². The lowest BCUT2D eigenvalue weighted by Gasteiger charge is -2.14. The first kappa shape index (κ1) is 20.3. The van der Waals surface area contributed by atoms with Gasteiger partial charge >= 0.3 is 5.97 Å². The van der Waals surface area contributed by atoms with E-state index in [4.69, 9.17) is 0 Å². The highest BCUT2D eigenvalue weighted by atomic mass is 16.5. The Morgan fingerprint density at radius 2 is 1.69 bits per heavy atom. The number of hydrogen-bond donors (Lipinski definition) is 2. The zero-order valence-electron chi connectivity index (χ0n) is 16.5. The van der Waals surface area contributed by atoms with Crippen molar-refractivity contribution in [2.75, 3.05) is 12.4 Å². The molecule has 0 aromatic heterocycles. The molecule has 2 aromatic carbocycles. The van der Waals surface area contributed by atoms with Gasteiger partial charge in [-0.25, -0.2) is 4.79 Å². The Morgan fingerprint density at radius 1 is 1.03 bits per heavy atom. The Labute approximate surface area is 170 Å². The molecule has 2 N–H and O–H groups in total. The summed E-state index contributed by atoms with van der Waals surface area (Å²) in [6, 6.07) is 14.1. The molecule has 1 fully saturated rings. The van der Waals surface area contributed by atoms with Crippen LogP contribution in [0.5, 0.6) is 0 Å². The van der Waals surface area contributed by atoms with Gasteiger partial charge in [0, 0.05) is 17.7 Å². The number of anilines is 1. The number of hydrogen-bond acceptors (Lipinski definition) is 4. The van der Waals surface area contributed by atoms with E-state index in [0.29, 0.717) is 5.56 Å². The molecule has 0 heterocycles. The summed E-state index contributed by atoms with van der Waals surface area (Å²) >= 11 is 0. The van der Waals surface area contributed by atoms with Crippen LogP contribution in [-0.4, -0.2) is 24.9 Å². The number of amides is 2. The minimum atomic E-state index is -0.398. The maximum absolute atomic E-state index is 12.2. The van der Waals surface area contributed by atoms with Crippen LogP contribution in [0.4, 0.5) is 5.69 Å². The van der Waals surface area contributed by atoms with Gasteiger partial charge in [0.25, 0.3) is 0 Å². The van der Waals surface area contributed by atoms with Crippen LogP contribution in [-0.2, 0) is 14.3 Å². The van der Waals surface area contributed by atoms with Gasteiger partial charge in [0.15, 0.2) is 0 Å². The van der Waals surface area contributed by atoms with Gasteiger partial charge < -0.3 is 15.4 Å². The van der Waals surface area contributed by atoms with Gasteiger partial charge in [-0.3, -0.25) is 9.59 Å². The SMILES string of the molecule is COC(=O)c1ccc(/C=C/C(=O)NC(C)c2ccc(NC(=O)C3CC3)cc2)cc1. The first-order chi connectivity index (χ1) is 14.0. The smallest absolute Gasteiger partial charge is 0.337 e. The van der Waals surface area contributed by atoms with E-state index in [1.54, 1.807) is 30.3 Å². The topological polar surface area (TPSA) is 84.5 Å². The minimum absolute atomic E-state index is 0.0730. The number of carbonyl (C=O) groups is 3. The molecule has 6 heteroatoms. The van der Waals surface area contributed by atoms with Crippen molar-refractivity contribution in [3.8, 4) is 0 Å². The van der Waals surface area contributed by atoms with Crippen molar-refractivity contribution in [2.24, 2.45) is 5.92 Å². The standard InChI is InChI=1S/C23H24N2O4/c1-15(17-10-12-20(13-11-17)25-22(27)18-8-9-18)24-21(26)14-5-16-3-6-19(7-4-16)23(28)29-2/h3-7,10-15,18H,8-9H2,1-2H3,(H,24,26)(H,25,27)/b14-5+. The Balaban J connectivity index is 1.52. The molecule has 0 spiro atoms. The highest BCUT2D eigenvalue weighted by Gasteiger charge is 2.29. The lowest BCUT2D eigenvalue weighted by molar-refractivity contribution is -0.118. The summed E-state index contributed by atoms with van der Waals surface area (Å²) in [7, 11) is 1.33. The molecular weight excluding hydrogens is 368 g/mol. The van der Waals surface area contributed by atoms with E-state index < -0.39 is 5.97 Å². The summed E-state index contributed by atoms with van der Waals surface area (Å²) in [6.45, 7) is 1.90. The molecule has 0 saturated heterocycles. The Kier molecular flexibility index (Phi) is 6.44. The van der Waals surface area contributed by atoms with Crippen molar-refractivity contribution in [2.45, 2.75) is 25.8 Å². The van der Waals surface area contributed by atoms with E-state index in [1.165, 1.54) is 13.2 Å². The second-order valence-corrected chi connectivity index (χ2v) is 7.06. The maximum atomic E-state index is 12.2. The molecule has 0 bridgehead atoms. The molecule has 1 saturated carbocycles. The maximum Gasteiger partial charge on any atom is 0.337 e. The molecule has 0 aliphatic heterocycles. The second-order valence-electron chi connectivity index (χ2n) is 7.06. The third-order valence-electron chi connectivity index (χ3n) is 4.74. The molecule has 3 rings (SSSR count). The fourth-order valence-corrected chi connectivity index (χ4v) is 2.81. The number of nitrogens with one attached hydrogen (secondary N) is 2. The number of rotatable bonds is 7. The Morgan fingerprint density at radius 3 is 2.28 bits per heavy atom. The van der Waals surface area contributed by atoms with E-state index in [-0.39, 0.29) is 23.8 Å². The highest BCUT2D eigenvalue weighted by molar-refractivity contribution is 5.94. The summed E-state index contributed by atoms with van der Waals surface area (Å²) in [5, 5.41) is 5.80. The number of carbonyl (C=O) groups excluding carboxylic acids is 3. The van der Waals surface area contributed by atoms with Crippen molar-refractivity contribution in [3.63, 3.8) is 0 Å². The molecule has 6 nitrogen and oxygen atoms in total. The van der Waals surface area contributed by atoms with Gasteiger partial charge in [0.2, 0.25) is 11.8 Å². The third kappa shape index (κ3) is 5.78. The minimum Gasteiger partial charge on any atom is -0.465 e. The van der Waals surface area contributed by atoms with Gasteiger partial charge in [0.05, 0.1) is 18.7 Å². The average molecular weight is 392 g/mol. The van der Waals surface area contributed by atoms with Crippen molar-refractivity contribution in [1.29, 1.82) is 0 Å². The predicted octanol–water partition coefficient (Wildman–Crippen LogP) is 3.71. The van der Waals surface area contributed by atoms with Crippen LogP contribution in [0.3, 0.4) is 0 Å². The molecule has 1 atom stereocenters. The van der Waals surface area contributed by atoms with Gasteiger partial charge in [-0.2, -0.15) is 0 Å². The summed E-state index contributed by atoms with van der Waals surface area (Å²) in [5.41, 5.74) is 2.97. The van der Waals surface area contributed by atoms with Crippen LogP contribution >= 0.6 is 0 Å². The quantitative estimate of drug-likeness (QED) is 0.556. The largest absolute Gasteiger partial charge is 0.465 e. The molecule has 1 unspecified atom stereocenters. The first-order valence-corrected chi connectivity index (χ1v) is 9.54. The van der Waals surface area contributed by atoms with Crippen molar-refractivity contribution in [1.82, 2.24) is 5.32 Å². The number of benzene rings is 2. The average Bonchev–Trinajstić information content (AvgIpc) is 3.58. The Hall–Kier alpha value is -3.41. The first-order valence-electron chi connectivity index (χ1n) is 9.54. The van der Waals surface area contributed by atoms with E-state index in [2.05, 4.69) is 15.4 Å².